The summed E-state index contributed by atoms with van der Waals surface area (Å²) in [6.45, 7) is 9.30. The van der Waals surface area contributed by atoms with Crippen molar-refractivity contribution in [2.75, 3.05) is 6.54 Å². The quantitative estimate of drug-likeness (QED) is 0.703. The van der Waals surface area contributed by atoms with Crippen molar-refractivity contribution in [2.24, 2.45) is 0 Å². The molecule has 0 bridgehead atoms. The molecule has 78 valence electrons. The van der Waals surface area contributed by atoms with Crippen LogP contribution >= 0.6 is 11.3 Å². The fourth-order valence-corrected chi connectivity index (χ4v) is 2.21. The third-order valence-electron chi connectivity index (χ3n) is 2.39. The summed E-state index contributed by atoms with van der Waals surface area (Å²) in [4.78, 5) is 1.43. The lowest BCUT2D eigenvalue weighted by Crippen LogP contribution is -2.21. The molecule has 1 heterocycles. The maximum absolute atomic E-state index is 4.00. The van der Waals surface area contributed by atoms with Crippen LogP contribution in [0.2, 0.25) is 0 Å². The highest BCUT2D eigenvalue weighted by Gasteiger charge is 2.08. The van der Waals surface area contributed by atoms with E-state index in [1.165, 1.54) is 10.5 Å². The predicted molar refractivity (Wildman–Crippen MR) is 64.8 cm³/mol. The van der Waals surface area contributed by atoms with Gasteiger partial charge in [0.05, 0.1) is 0 Å². The molecule has 1 atom stereocenters. The van der Waals surface area contributed by atoms with Gasteiger partial charge in [-0.1, -0.05) is 32.1 Å². The molecule has 0 aromatic carbocycles. The Hall–Kier alpha value is -0.600. The lowest BCUT2D eigenvalue weighted by Gasteiger charge is -2.15. The monoisotopic (exact) mass is 209 g/mol. The van der Waals surface area contributed by atoms with Gasteiger partial charge in [0, 0.05) is 17.5 Å². The van der Waals surface area contributed by atoms with Gasteiger partial charge in [-0.25, -0.2) is 0 Å². The highest BCUT2D eigenvalue weighted by Crippen LogP contribution is 2.21. The molecule has 1 aromatic heterocycles. The van der Waals surface area contributed by atoms with Gasteiger partial charge < -0.3 is 5.32 Å². The molecule has 0 spiro atoms. The molecule has 1 unspecified atom stereocenters. The Morgan fingerprint density at radius 1 is 1.57 bits per heavy atom. The second-order valence-corrected chi connectivity index (χ2v) is 4.44. The van der Waals surface area contributed by atoms with Crippen LogP contribution in [0.4, 0.5) is 0 Å². The third-order valence-corrected chi connectivity index (χ3v) is 3.38. The SMILES string of the molecule is C=C(CC)CNC(CC)c1cccs1. The van der Waals surface area contributed by atoms with Gasteiger partial charge in [-0.3, -0.25) is 0 Å². The van der Waals surface area contributed by atoms with E-state index in [4.69, 9.17) is 0 Å². The van der Waals surface area contributed by atoms with Crippen molar-refractivity contribution < 1.29 is 0 Å². The van der Waals surface area contributed by atoms with Gasteiger partial charge in [0.15, 0.2) is 0 Å². The molecule has 1 aromatic rings. The second kappa shape index (κ2) is 5.99. The zero-order valence-electron chi connectivity index (χ0n) is 9.05. The van der Waals surface area contributed by atoms with Crippen molar-refractivity contribution in [1.29, 1.82) is 0 Å². The molecule has 0 saturated carbocycles. The molecule has 1 N–H and O–H groups in total. The first-order valence-electron chi connectivity index (χ1n) is 5.21. The summed E-state index contributed by atoms with van der Waals surface area (Å²) in [6, 6.07) is 4.80. The van der Waals surface area contributed by atoms with E-state index >= 15 is 0 Å². The minimum Gasteiger partial charge on any atom is -0.305 e. The van der Waals surface area contributed by atoms with E-state index in [2.05, 4.69) is 43.3 Å². The standard InChI is InChI=1S/C12H19NS/c1-4-10(3)9-13-11(5-2)12-7-6-8-14-12/h6-8,11,13H,3-5,9H2,1-2H3. The minimum atomic E-state index is 0.498. The minimum absolute atomic E-state index is 0.498. The Bertz CT molecular complexity index is 264. The average Bonchev–Trinajstić information content (AvgIpc) is 2.72. The maximum atomic E-state index is 4.00. The fraction of sp³-hybridized carbons (Fsp3) is 0.500. The highest BCUT2D eigenvalue weighted by molar-refractivity contribution is 7.10. The lowest BCUT2D eigenvalue weighted by atomic mass is 10.1. The van der Waals surface area contributed by atoms with E-state index in [0.717, 1.165) is 19.4 Å². The second-order valence-electron chi connectivity index (χ2n) is 3.46. The van der Waals surface area contributed by atoms with Crippen molar-refractivity contribution in [2.45, 2.75) is 32.7 Å². The molecular weight excluding hydrogens is 190 g/mol. The van der Waals surface area contributed by atoms with Crippen LogP contribution in [0.3, 0.4) is 0 Å². The first-order chi connectivity index (χ1) is 6.77. The Labute approximate surface area is 90.9 Å². The van der Waals surface area contributed by atoms with E-state index in [9.17, 15) is 0 Å². The molecule has 0 aliphatic heterocycles. The van der Waals surface area contributed by atoms with E-state index in [0.29, 0.717) is 6.04 Å². The number of hydrogen-bond donors (Lipinski definition) is 1. The summed E-state index contributed by atoms with van der Waals surface area (Å²) in [5.41, 5.74) is 1.28. The Kier molecular flexibility index (Phi) is 4.91. The topological polar surface area (TPSA) is 12.0 Å². The molecule has 0 amide bonds. The summed E-state index contributed by atoms with van der Waals surface area (Å²) < 4.78 is 0. The molecule has 0 aliphatic carbocycles. The molecular formula is C12H19NS. The van der Waals surface area contributed by atoms with Crippen molar-refractivity contribution in [3.05, 3.63) is 34.5 Å². The lowest BCUT2D eigenvalue weighted by molar-refractivity contribution is 0.549. The van der Waals surface area contributed by atoms with Crippen LogP contribution in [-0.4, -0.2) is 6.54 Å². The van der Waals surface area contributed by atoms with E-state index in [-0.39, 0.29) is 0 Å². The van der Waals surface area contributed by atoms with Crippen LogP contribution in [0.25, 0.3) is 0 Å². The van der Waals surface area contributed by atoms with E-state index < -0.39 is 0 Å². The van der Waals surface area contributed by atoms with E-state index in [1.54, 1.807) is 0 Å². The van der Waals surface area contributed by atoms with Gasteiger partial charge >= 0.3 is 0 Å². The van der Waals surface area contributed by atoms with Gasteiger partial charge in [-0.05, 0) is 24.3 Å². The average molecular weight is 209 g/mol. The summed E-state index contributed by atoms with van der Waals surface area (Å²) >= 11 is 1.82. The van der Waals surface area contributed by atoms with Crippen LogP contribution in [-0.2, 0) is 0 Å². The normalized spacial score (nSPS) is 12.7. The van der Waals surface area contributed by atoms with Gasteiger partial charge in [0.1, 0.15) is 0 Å². The van der Waals surface area contributed by atoms with Crippen LogP contribution < -0.4 is 5.32 Å². The van der Waals surface area contributed by atoms with Crippen molar-refractivity contribution in [3.63, 3.8) is 0 Å². The Balaban J connectivity index is 2.44. The predicted octanol–water partition coefficient (Wildman–Crippen LogP) is 3.76. The van der Waals surface area contributed by atoms with Crippen LogP contribution in [0.5, 0.6) is 0 Å². The number of thiophene rings is 1. The molecule has 14 heavy (non-hydrogen) atoms. The largest absolute Gasteiger partial charge is 0.305 e. The number of hydrogen-bond acceptors (Lipinski definition) is 2. The van der Waals surface area contributed by atoms with Gasteiger partial charge in [-0.15, -0.1) is 11.3 Å². The van der Waals surface area contributed by atoms with Crippen molar-refractivity contribution >= 4 is 11.3 Å². The third kappa shape index (κ3) is 3.28. The first kappa shape index (κ1) is 11.5. The molecule has 0 saturated heterocycles. The number of nitrogens with one attached hydrogen (secondary N) is 1. The van der Waals surface area contributed by atoms with Crippen LogP contribution in [0.15, 0.2) is 29.7 Å². The van der Waals surface area contributed by atoms with Gasteiger partial charge in [0.2, 0.25) is 0 Å². The molecule has 0 fully saturated rings. The van der Waals surface area contributed by atoms with Crippen molar-refractivity contribution in [3.8, 4) is 0 Å². The smallest absolute Gasteiger partial charge is 0.0414 e. The molecule has 1 nitrogen and oxygen atoms in total. The summed E-state index contributed by atoms with van der Waals surface area (Å²) in [6.07, 6.45) is 2.20. The zero-order chi connectivity index (χ0) is 10.4. The number of rotatable bonds is 6. The summed E-state index contributed by atoms with van der Waals surface area (Å²) in [7, 11) is 0. The summed E-state index contributed by atoms with van der Waals surface area (Å²) in [5, 5.41) is 5.67. The van der Waals surface area contributed by atoms with Crippen molar-refractivity contribution in [1.82, 2.24) is 5.32 Å². The molecule has 2 heteroatoms. The van der Waals surface area contributed by atoms with Gasteiger partial charge in [0.25, 0.3) is 0 Å². The maximum Gasteiger partial charge on any atom is 0.0414 e. The first-order valence-corrected chi connectivity index (χ1v) is 6.09. The molecule has 0 aliphatic rings. The summed E-state index contributed by atoms with van der Waals surface area (Å²) in [5.74, 6) is 0. The van der Waals surface area contributed by atoms with Gasteiger partial charge in [-0.2, -0.15) is 0 Å². The Morgan fingerprint density at radius 2 is 2.36 bits per heavy atom. The molecule has 1 rings (SSSR count). The van der Waals surface area contributed by atoms with Crippen LogP contribution in [0.1, 0.15) is 37.6 Å². The van der Waals surface area contributed by atoms with E-state index in [1.807, 2.05) is 11.3 Å². The fourth-order valence-electron chi connectivity index (χ4n) is 1.33. The zero-order valence-corrected chi connectivity index (χ0v) is 9.86. The van der Waals surface area contributed by atoms with Crippen LogP contribution in [0, 0.1) is 0 Å². The highest BCUT2D eigenvalue weighted by atomic mass is 32.1. The molecule has 0 radical (unpaired) electrons. The Morgan fingerprint density at radius 3 is 2.86 bits per heavy atom.